The van der Waals surface area contributed by atoms with Crippen LogP contribution in [0.3, 0.4) is 0 Å². The lowest BCUT2D eigenvalue weighted by Gasteiger charge is -2.08. The van der Waals surface area contributed by atoms with E-state index in [0.29, 0.717) is 0 Å². The summed E-state index contributed by atoms with van der Waals surface area (Å²) in [6.07, 6.45) is 5.45. The zero-order valence-corrected chi connectivity index (χ0v) is 13.4. The van der Waals surface area contributed by atoms with Gasteiger partial charge in [-0.3, -0.25) is 0 Å². The minimum absolute atomic E-state index is 0.839. The van der Waals surface area contributed by atoms with Crippen LogP contribution in [0.2, 0.25) is 0 Å². The molecule has 0 N–H and O–H groups in total. The molecule has 0 atom stereocenters. The van der Waals surface area contributed by atoms with Crippen LogP contribution >= 0.6 is 35.7 Å². The van der Waals surface area contributed by atoms with Crippen molar-refractivity contribution in [1.29, 1.82) is 0 Å². The van der Waals surface area contributed by atoms with Gasteiger partial charge in [-0.05, 0) is 17.7 Å². The summed E-state index contributed by atoms with van der Waals surface area (Å²) < 4.78 is 1.31. The van der Waals surface area contributed by atoms with Gasteiger partial charge in [-0.15, -0.1) is 0 Å². The molecule has 0 fully saturated rings. The van der Waals surface area contributed by atoms with Crippen molar-refractivity contribution >= 4 is 39.3 Å². The highest BCUT2D eigenvalue weighted by atomic mass is 32.2. The van der Waals surface area contributed by atoms with Gasteiger partial charge in [0.05, 0.1) is 3.53 Å². The fourth-order valence-electron chi connectivity index (χ4n) is 1.59. The Kier molecular flexibility index (Phi) is 8.85. The molecule has 1 aromatic rings. The summed E-state index contributed by atoms with van der Waals surface area (Å²) in [6.45, 7) is 2.26. The molecule has 1 aromatic carbocycles. The smallest absolute Gasteiger partial charge is 0.0596 e. The van der Waals surface area contributed by atoms with Gasteiger partial charge in [-0.2, -0.15) is 0 Å². The molecule has 3 heteroatoms. The Morgan fingerprint density at radius 1 is 1.06 bits per heavy atom. The summed E-state index contributed by atoms with van der Waals surface area (Å²) in [5.74, 6) is 2.46. The first-order valence-corrected chi connectivity index (χ1v) is 9.21. The number of rotatable bonds is 7. The van der Waals surface area contributed by atoms with Crippen LogP contribution < -0.4 is 0 Å². The van der Waals surface area contributed by atoms with E-state index in [4.69, 9.17) is 12.2 Å². The fraction of sp³-hybridized carbons (Fsp3) is 0.500. The van der Waals surface area contributed by atoms with E-state index in [2.05, 4.69) is 37.3 Å². The van der Waals surface area contributed by atoms with Crippen LogP contribution in [-0.4, -0.2) is 9.28 Å². The second kappa shape index (κ2) is 9.98. The van der Waals surface area contributed by atoms with Crippen molar-refractivity contribution in [2.45, 2.75) is 38.4 Å². The molecular weight excluding hydrogens is 264 g/mol. The molecule has 0 nitrogen and oxygen atoms in total. The molecule has 0 spiro atoms. The van der Waals surface area contributed by atoms with Crippen LogP contribution in [0.1, 0.15) is 38.2 Å². The molecule has 0 bridgehead atoms. The second-order valence-corrected chi connectivity index (χ2v) is 8.35. The van der Waals surface area contributed by atoms with Gasteiger partial charge in [-0.25, -0.2) is 23.5 Å². The minimum Gasteiger partial charge on any atom is -0.225 e. The average molecular weight is 289 g/mol. The first-order chi connectivity index (χ1) is 8.33. The largest absolute Gasteiger partial charge is 0.225 e. The summed E-state index contributed by atoms with van der Waals surface area (Å²) in [4.78, 5) is 0. The lowest BCUT2D eigenvalue weighted by atomic mass is 10.2. The lowest BCUT2D eigenvalue weighted by molar-refractivity contribution is 0.707. The average Bonchev–Trinajstić information content (AvgIpc) is 2.37. The Hall–Kier alpha value is 0.01000. The van der Waals surface area contributed by atoms with Crippen molar-refractivity contribution in [2.75, 3.05) is 5.75 Å². The van der Waals surface area contributed by atoms with Crippen molar-refractivity contribution in [2.24, 2.45) is 0 Å². The molecule has 0 aliphatic heterocycles. The Balaban J connectivity index is 2.05. The zero-order chi connectivity index (χ0) is 12.3. The molecule has 0 radical (unpaired) electrons. The quantitative estimate of drug-likeness (QED) is 0.528. The van der Waals surface area contributed by atoms with Gasteiger partial charge in [0.25, 0.3) is 0 Å². The van der Waals surface area contributed by atoms with Gasteiger partial charge in [0.1, 0.15) is 0 Å². The van der Waals surface area contributed by atoms with Gasteiger partial charge >= 0.3 is 0 Å². The summed E-state index contributed by atoms with van der Waals surface area (Å²) in [6, 6.07) is 10.7. The van der Waals surface area contributed by atoms with E-state index < -0.39 is 0 Å². The number of unbranched alkanes of at least 4 members (excludes halogenated alkanes) is 3. The Morgan fingerprint density at radius 3 is 2.53 bits per heavy atom. The molecule has 0 saturated heterocycles. The minimum atomic E-state index is 0.839. The molecule has 0 amide bonds. The maximum atomic E-state index is 5.46. The standard InChI is InChI=1S/C14H24S3/c1-2-3-4-8-11-16-14(15)17-12-13-9-6-5-7-10-13/h5-7,9-10H,2-4,8,11-12,16-17H2,1H3. The highest BCUT2D eigenvalue weighted by molar-refractivity contribution is 8.46. The van der Waals surface area contributed by atoms with Crippen LogP contribution in [0.5, 0.6) is 0 Å². The molecule has 0 aliphatic rings. The second-order valence-electron chi connectivity index (χ2n) is 4.16. The third-order valence-corrected chi connectivity index (χ3v) is 6.37. The van der Waals surface area contributed by atoms with Gasteiger partial charge in [0.2, 0.25) is 0 Å². The van der Waals surface area contributed by atoms with Crippen LogP contribution in [0.15, 0.2) is 30.3 Å². The van der Waals surface area contributed by atoms with E-state index in [1.54, 1.807) is 0 Å². The van der Waals surface area contributed by atoms with E-state index in [9.17, 15) is 0 Å². The summed E-state index contributed by atoms with van der Waals surface area (Å²) in [5.41, 5.74) is 1.42. The third-order valence-electron chi connectivity index (χ3n) is 2.61. The van der Waals surface area contributed by atoms with Crippen LogP contribution in [0.4, 0.5) is 0 Å². The lowest BCUT2D eigenvalue weighted by Crippen LogP contribution is -1.88. The van der Waals surface area contributed by atoms with E-state index >= 15 is 0 Å². The number of benzene rings is 1. The SMILES string of the molecule is CCCCCC[SH2]C(=S)[SH2]Cc1ccccc1. The number of thiocarbonyl (C=S) groups is 1. The topological polar surface area (TPSA) is 0 Å². The molecule has 0 aliphatic carbocycles. The summed E-state index contributed by atoms with van der Waals surface area (Å²) in [5, 5.41) is 0. The molecule has 1 rings (SSSR count). The van der Waals surface area contributed by atoms with E-state index in [-0.39, 0.29) is 0 Å². The van der Waals surface area contributed by atoms with Gasteiger partial charge in [0.15, 0.2) is 0 Å². The van der Waals surface area contributed by atoms with Crippen molar-refractivity contribution < 1.29 is 0 Å². The first kappa shape index (κ1) is 15.1. The molecule has 0 saturated carbocycles. The van der Waals surface area contributed by atoms with Crippen LogP contribution in [-0.2, 0) is 5.75 Å². The first-order valence-electron chi connectivity index (χ1n) is 6.38. The molecule has 0 heterocycles. The van der Waals surface area contributed by atoms with E-state index in [1.165, 1.54) is 40.5 Å². The van der Waals surface area contributed by atoms with Crippen LogP contribution in [0.25, 0.3) is 0 Å². The Bertz CT molecular complexity index is 309. The highest BCUT2D eigenvalue weighted by Crippen LogP contribution is 2.22. The highest BCUT2D eigenvalue weighted by Gasteiger charge is 1.95. The monoisotopic (exact) mass is 288 g/mol. The zero-order valence-electron chi connectivity index (χ0n) is 10.5. The predicted molar refractivity (Wildman–Crippen MR) is 92.5 cm³/mol. The Morgan fingerprint density at radius 2 is 1.82 bits per heavy atom. The molecule has 0 aromatic heterocycles. The predicted octanol–water partition coefficient (Wildman–Crippen LogP) is 4.45. The van der Waals surface area contributed by atoms with Gasteiger partial charge in [-0.1, -0.05) is 68.7 Å². The van der Waals surface area contributed by atoms with Crippen molar-refractivity contribution in [3.8, 4) is 0 Å². The maximum Gasteiger partial charge on any atom is 0.0596 e. The summed E-state index contributed by atoms with van der Waals surface area (Å²) >= 11 is 7.21. The molecule has 0 unspecified atom stereocenters. The van der Waals surface area contributed by atoms with Crippen molar-refractivity contribution in [3.05, 3.63) is 35.9 Å². The van der Waals surface area contributed by atoms with Crippen molar-refractivity contribution in [1.82, 2.24) is 0 Å². The molecular formula is C14H24S3. The van der Waals surface area contributed by atoms with E-state index in [0.717, 1.165) is 29.3 Å². The van der Waals surface area contributed by atoms with Gasteiger partial charge < -0.3 is 0 Å². The number of hydrogen-bond acceptors (Lipinski definition) is 1. The van der Waals surface area contributed by atoms with Crippen molar-refractivity contribution in [3.63, 3.8) is 0 Å². The maximum absolute atomic E-state index is 5.46. The molecule has 17 heavy (non-hydrogen) atoms. The van der Waals surface area contributed by atoms with Gasteiger partial charge in [0, 0.05) is 5.75 Å². The normalized spacial score (nSPS) is 12.8. The van der Waals surface area contributed by atoms with Crippen LogP contribution in [0, 0.1) is 0 Å². The third kappa shape index (κ3) is 7.85. The summed E-state index contributed by atoms with van der Waals surface area (Å²) in [7, 11) is 0. The van der Waals surface area contributed by atoms with E-state index in [1.807, 2.05) is 0 Å². The fourth-order valence-corrected chi connectivity index (χ4v) is 4.51. The number of hydrogen-bond donors (Lipinski definition) is 0. The Labute approximate surface area is 119 Å². The molecule has 98 valence electrons.